The lowest BCUT2D eigenvalue weighted by atomic mass is 10.3. The van der Waals surface area contributed by atoms with Gasteiger partial charge in [0.05, 0.1) is 11.7 Å². The highest BCUT2D eigenvalue weighted by Crippen LogP contribution is 2.14. The second kappa shape index (κ2) is 3.53. The summed E-state index contributed by atoms with van der Waals surface area (Å²) in [4.78, 5) is 0. The Kier molecular flexibility index (Phi) is 2.65. The predicted octanol–water partition coefficient (Wildman–Crippen LogP) is 2.57. The number of hydrogen-bond acceptors (Lipinski definition) is 1. The smallest absolute Gasteiger partial charge is 0.149 e. The van der Waals surface area contributed by atoms with Gasteiger partial charge in [-0.05, 0) is 12.1 Å². The number of benzene rings is 1. The highest BCUT2D eigenvalue weighted by Gasteiger charge is 2.00. The molecule has 60 valence electrons. The summed E-state index contributed by atoms with van der Waals surface area (Å²) in [5.41, 5.74) is 0.210. The van der Waals surface area contributed by atoms with Gasteiger partial charge in [0.1, 0.15) is 11.6 Å². The average molecular weight is 178 g/mol. The summed E-state index contributed by atoms with van der Waals surface area (Å²) < 4.78 is 25.0. The van der Waals surface area contributed by atoms with Crippen molar-refractivity contribution >= 4 is 17.3 Å². The molecular formula is C7H6ClF2N. The minimum atomic E-state index is -0.634. The Hall–Kier alpha value is -0.830. The maximum Gasteiger partial charge on any atom is 0.149 e. The van der Waals surface area contributed by atoms with E-state index >= 15 is 0 Å². The lowest BCUT2D eigenvalue weighted by molar-refractivity contribution is 0.585. The monoisotopic (exact) mass is 177 g/mol. The molecule has 0 saturated heterocycles. The Labute approximate surface area is 68.0 Å². The molecule has 4 heteroatoms. The van der Waals surface area contributed by atoms with Crippen molar-refractivity contribution in [3.8, 4) is 0 Å². The minimum Gasteiger partial charge on any atom is -0.369 e. The fourth-order valence-electron chi connectivity index (χ4n) is 0.705. The number of halogens is 3. The van der Waals surface area contributed by atoms with Crippen LogP contribution in [0.2, 0.25) is 0 Å². The fourth-order valence-corrected chi connectivity index (χ4v) is 0.849. The molecule has 1 aromatic carbocycles. The van der Waals surface area contributed by atoms with Crippen molar-refractivity contribution in [3.05, 3.63) is 29.8 Å². The largest absolute Gasteiger partial charge is 0.369 e. The minimum absolute atomic E-state index is 0.0998. The molecular weight excluding hydrogens is 172 g/mol. The van der Waals surface area contributed by atoms with E-state index in [1.807, 2.05) is 0 Å². The van der Waals surface area contributed by atoms with E-state index in [1.165, 1.54) is 6.07 Å². The Morgan fingerprint density at radius 2 is 2.09 bits per heavy atom. The highest BCUT2D eigenvalue weighted by molar-refractivity contribution is 6.18. The van der Waals surface area contributed by atoms with Crippen molar-refractivity contribution < 1.29 is 8.78 Å². The second-order valence-corrected chi connectivity index (χ2v) is 2.20. The van der Waals surface area contributed by atoms with Crippen LogP contribution >= 0.6 is 11.6 Å². The van der Waals surface area contributed by atoms with Gasteiger partial charge in [-0.15, -0.1) is 11.6 Å². The Morgan fingerprint density at radius 1 is 1.36 bits per heavy atom. The summed E-state index contributed by atoms with van der Waals surface area (Å²) in [6, 6.07) is 3.36. The first-order valence-electron chi connectivity index (χ1n) is 2.99. The maximum absolute atomic E-state index is 12.7. The van der Waals surface area contributed by atoms with Crippen LogP contribution in [0.15, 0.2) is 18.2 Å². The lowest BCUT2D eigenvalue weighted by Gasteiger charge is -2.02. The molecule has 1 N–H and O–H groups in total. The van der Waals surface area contributed by atoms with Gasteiger partial charge < -0.3 is 5.32 Å². The van der Waals surface area contributed by atoms with Gasteiger partial charge in [0.15, 0.2) is 0 Å². The first-order chi connectivity index (χ1) is 5.24. The standard InChI is InChI=1S/C7H6ClF2N/c8-4-11-7-2-1-5(9)3-6(7)10/h1-3,11H,4H2. The van der Waals surface area contributed by atoms with Gasteiger partial charge in [-0.3, -0.25) is 0 Å². The fraction of sp³-hybridized carbons (Fsp3) is 0.143. The third-order valence-corrected chi connectivity index (χ3v) is 1.32. The summed E-state index contributed by atoms with van der Waals surface area (Å²) in [6.07, 6.45) is 0. The zero-order valence-electron chi connectivity index (χ0n) is 5.57. The van der Waals surface area contributed by atoms with Crippen molar-refractivity contribution in [1.82, 2.24) is 0 Å². The molecule has 0 aliphatic rings. The molecule has 0 saturated carbocycles. The lowest BCUT2D eigenvalue weighted by Crippen LogP contribution is -1.97. The predicted molar refractivity (Wildman–Crippen MR) is 40.7 cm³/mol. The van der Waals surface area contributed by atoms with Crippen molar-refractivity contribution in [2.75, 3.05) is 11.3 Å². The number of nitrogens with one attached hydrogen (secondary N) is 1. The van der Waals surface area contributed by atoms with Crippen LogP contribution < -0.4 is 5.32 Å². The number of hydrogen-bond donors (Lipinski definition) is 1. The van der Waals surface area contributed by atoms with Crippen LogP contribution in [0.1, 0.15) is 0 Å². The molecule has 0 aliphatic carbocycles. The first kappa shape index (κ1) is 8.27. The van der Waals surface area contributed by atoms with E-state index in [4.69, 9.17) is 11.6 Å². The third kappa shape index (κ3) is 2.05. The molecule has 0 aliphatic heterocycles. The van der Waals surface area contributed by atoms with Crippen LogP contribution in [0.4, 0.5) is 14.5 Å². The molecule has 0 radical (unpaired) electrons. The average Bonchev–Trinajstić information content (AvgIpc) is 1.95. The molecule has 1 aromatic rings. The van der Waals surface area contributed by atoms with Crippen molar-refractivity contribution in [3.63, 3.8) is 0 Å². The molecule has 0 spiro atoms. The molecule has 1 nitrogen and oxygen atoms in total. The van der Waals surface area contributed by atoms with Crippen LogP contribution in [0.3, 0.4) is 0 Å². The van der Waals surface area contributed by atoms with Gasteiger partial charge >= 0.3 is 0 Å². The zero-order valence-corrected chi connectivity index (χ0v) is 6.33. The molecule has 0 amide bonds. The molecule has 0 fully saturated rings. The van der Waals surface area contributed by atoms with E-state index in [-0.39, 0.29) is 11.7 Å². The number of alkyl halides is 1. The van der Waals surface area contributed by atoms with Crippen LogP contribution in [-0.4, -0.2) is 6.00 Å². The quantitative estimate of drug-likeness (QED) is 0.541. The molecule has 1 rings (SSSR count). The number of anilines is 1. The SMILES string of the molecule is Fc1ccc(NCCl)c(F)c1. The molecule has 0 heterocycles. The van der Waals surface area contributed by atoms with Gasteiger partial charge in [0, 0.05) is 6.07 Å². The van der Waals surface area contributed by atoms with E-state index in [9.17, 15) is 8.78 Å². The van der Waals surface area contributed by atoms with E-state index in [2.05, 4.69) is 5.32 Å². The van der Waals surface area contributed by atoms with Crippen LogP contribution in [-0.2, 0) is 0 Å². The normalized spacial score (nSPS) is 9.73. The Balaban J connectivity index is 2.90. The van der Waals surface area contributed by atoms with Crippen molar-refractivity contribution in [2.45, 2.75) is 0 Å². The zero-order chi connectivity index (χ0) is 8.27. The second-order valence-electron chi connectivity index (χ2n) is 1.93. The van der Waals surface area contributed by atoms with Crippen molar-refractivity contribution in [2.24, 2.45) is 0 Å². The number of rotatable bonds is 2. The van der Waals surface area contributed by atoms with E-state index in [0.29, 0.717) is 0 Å². The van der Waals surface area contributed by atoms with Gasteiger partial charge in [-0.2, -0.15) is 0 Å². The van der Waals surface area contributed by atoms with Gasteiger partial charge in [-0.1, -0.05) is 0 Å². The summed E-state index contributed by atoms with van der Waals surface area (Å²) in [6.45, 7) is 0. The van der Waals surface area contributed by atoms with Crippen LogP contribution in [0, 0.1) is 11.6 Å². The van der Waals surface area contributed by atoms with E-state index < -0.39 is 11.6 Å². The summed E-state index contributed by atoms with van der Waals surface area (Å²) in [5, 5.41) is 2.53. The molecule has 0 unspecified atom stereocenters. The Morgan fingerprint density at radius 3 is 2.64 bits per heavy atom. The summed E-state index contributed by atoms with van der Waals surface area (Å²) >= 11 is 5.28. The topological polar surface area (TPSA) is 12.0 Å². The molecule has 11 heavy (non-hydrogen) atoms. The molecule has 0 aromatic heterocycles. The summed E-state index contributed by atoms with van der Waals surface area (Å²) in [5.74, 6) is -1.23. The molecule has 0 bridgehead atoms. The highest BCUT2D eigenvalue weighted by atomic mass is 35.5. The maximum atomic E-state index is 12.7. The van der Waals surface area contributed by atoms with E-state index in [1.54, 1.807) is 0 Å². The Bertz CT molecular complexity index is 252. The first-order valence-corrected chi connectivity index (χ1v) is 3.52. The summed E-state index contributed by atoms with van der Waals surface area (Å²) in [7, 11) is 0. The van der Waals surface area contributed by atoms with Crippen LogP contribution in [0.5, 0.6) is 0 Å². The van der Waals surface area contributed by atoms with Gasteiger partial charge in [0.2, 0.25) is 0 Å². The van der Waals surface area contributed by atoms with Crippen molar-refractivity contribution in [1.29, 1.82) is 0 Å². The van der Waals surface area contributed by atoms with Gasteiger partial charge in [0.25, 0.3) is 0 Å². The van der Waals surface area contributed by atoms with Gasteiger partial charge in [-0.25, -0.2) is 8.78 Å². The third-order valence-electron chi connectivity index (χ3n) is 1.19. The van der Waals surface area contributed by atoms with Crippen LogP contribution in [0.25, 0.3) is 0 Å². The van der Waals surface area contributed by atoms with E-state index in [0.717, 1.165) is 12.1 Å². The molecule has 0 atom stereocenters.